The van der Waals surface area contributed by atoms with Gasteiger partial charge in [0.1, 0.15) is 0 Å². The quantitative estimate of drug-likeness (QED) is 0.485. The highest BCUT2D eigenvalue weighted by molar-refractivity contribution is 7.19. The predicted molar refractivity (Wildman–Crippen MR) is 125 cm³/mol. The summed E-state index contributed by atoms with van der Waals surface area (Å²) in [5.74, 6) is -0.129. The summed E-state index contributed by atoms with van der Waals surface area (Å²) in [4.78, 5) is 21.7. The van der Waals surface area contributed by atoms with Gasteiger partial charge >= 0.3 is 0 Å². The molecule has 0 saturated heterocycles. The number of hydrogen-bond donors (Lipinski definition) is 2. The minimum absolute atomic E-state index is 0.122. The van der Waals surface area contributed by atoms with Crippen LogP contribution in [-0.2, 0) is 24.1 Å². The van der Waals surface area contributed by atoms with Gasteiger partial charge in [-0.15, -0.1) is 0 Å². The number of carbonyl (C=O) groups is 1. The summed E-state index contributed by atoms with van der Waals surface area (Å²) in [6.07, 6.45) is 4.11. The lowest BCUT2D eigenvalue weighted by atomic mass is 9.95. The van der Waals surface area contributed by atoms with E-state index in [9.17, 15) is 9.90 Å². The number of aromatic nitrogens is 4. The lowest BCUT2D eigenvalue weighted by Gasteiger charge is -2.14. The fourth-order valence-electron chi connectivity index (χ4n) is 4.03. The number of benzene rings is 1. The van der Waals surface area contributed by atoms with E-state index < -0.39 is 0 Å². The third-order valence-electron chi connectivity index (χ3n) is 5.56. The molecule has 0 bridgehead atoms. The van der Waals surface area contributed by atoms with Crippen molar-refractivity contribution in [3.05, 3.63) is 65.1 Å². The molecule has 7 nitrogen and oxygen atoms in total. The number of aliphatic hydroxyl groups excluding tert-OH is 1. The Bertz CT molecular complexity index is 1290. The number of pyridine rings is 1. The number of amides is 1. The summed E-state index contributed by atoms with van der Waals surface area (Å²) in [5, 5.41) is 17.7. The molecule has 0 atom stereocenters. The predicted octanol–water partition coefficient (Wildman–Crippen LogP) is 3.96. The molecular formula is C24H23N5O2S. The third kappa shape index (κ3) is 3.72. The van der Waals surface area contributed by atoms with Gasteiger partial charge < -0.3 is 10.4 Å². The van der Waals surface area contributed by atoms with Crippen molar-refractivity contribution in [1.82, 2.24) is 19.7 Å². The first-order valence-electron chi connectivity index (χ1n) is 10.6. The molecule has 32 heavy (non-hydrogen) atoms. The molecule has 162 valence electrons. The van der Waals surface area contributed by atoms with Crippen molar-refractivity contribution in [3.8, 4) is 27.5 Å². The Morgan fingerprint density at radius 3 is 2.69 bits per heavy atom. The zero-order valence-corrected chi connectivity index (χ0v) is 18.7. The van der Waals surface area contributed by atoms with Gasteiger partial charge in [0.15, 0.2) is 5.13 Å². The molecule has 8 heteroatoms. The first-order valence-corrected chi connectivity index (χ1v) is 11.4. The molecule has 1 aromatic carbocycles. The molecule has 5 rings (SSSR count). The van der Waals surface area contributed by atoms with Gasteiger partial charge in [-0.25, -0.2) is 9.67 Å². The number of anilines is 1. The average molecular weight is 446 g/mol. The van der Waals surface area contributed by atoms with E-state index in [0.29, 0.717) is 11.6 Å². The molecule has 4 aromatic rings. The molecule has 3 aromatic heterocycles. The molecule has 0 saturated carbocycles. The van der Waals surface area contributed by atoms with Crippen LogP contribution in [-0.4, -0.2) is 37.4 Å². The highest BCUT2D eigenvalue weighted by Crippen LogP contribution is 2.44. The minimum atomic E-state index is -0.129. The van der Waals surface area contributed by atoms with E-state index in [0.717, 1.165) is 57.3 Å². The maximum atomic E-state index is 11.6. The summed E-state index contributed by atoms with van der Waals surface area (Å²) in [6.45, 7) is 3.59. The largest absolute Gasteiger partial charge is 0.396 e. The van der Waals surface area contributed by atoms with E-state index in [1.54, 1.807) is 0 Å². The van der Waals surface area contributed by atoms with Crippen LogP contribution < -0.4 is 5.32 Å². The second-order valence-corrected chi connectivity index (χ2v) is 8.89. The Labute approximate surface area is 189 Å². The molecule has 1 amide bonds. The van der Waals surface area contributed by atoms with Crippen LogP contribution in [0.5, 0.6) is 0 Å². The molecule has 0 spiro atoms. The third-order valence-corrected chi connectivity index (χ3v) is 6.58. The van der Waals surface area contributed by atoms with Crippen molar-refractivity contribution in [2.75, 3.05) is 11.9 Å². The van der Waals surface area contributed by atoms with Gasteiger partial charge in [0, 0.05) is 36.5 Å². The molecule has 3 heterocycles. The Morgan fingerprint density at radius 1 is 1.19 bits per heavy atom. The van der Waals surface area contributed by atoms with E-state index >= 15 is 0 Å². The maximum absolute atomic E-state index is 11.6. The zero-order valence-electron chi connectivity index (χ0n) is 17.9. The van der Waals surface area contributed by atoms with Gasteiger partial charge in [0.25, 0.3) is 0 Å². The van der Waals surface area contributed by atoms with Gasteiger partial charge in [-0.05, 0) is 56.0 Å². The molecule has 0 unspecified atom stereocenters. The van der Waals surface area contributed by atoms with E-state index in [2.05, 4.69) is 21.4 Å². The van der Waals surface area contributed by atoms with Crippen molar-refractivity contribution in [3.63, 3.8) is 0 Å². The summed E-state index contributed by atoms with van der Waals surface area (Å²) in [7, 11) is 0. The highest BCUT2D eigenvalue weighted by Gasteiger charge is 2.30. The van der Waals surface area contributed by atoms with Crippen LogP contribution in [0.1, 0.15) is 29.4 Å². The van der Waals surface area contributed by atoms with E-state index in [1.807, 2.05) is 48.1 Å². The average Bonchev–Trinajstić information content (AvgIpc) is 3.35. The lowest BCUT2D eigenvalue weighted by molar-refractivity contribution is -0.114. The van der Waals surface area contributed by atoms with Gasteiger partial charge in [-0.3, -0.25) is 9.78 Å². The second kappa shape index (κ2) is 8.29. The topological polar surface area (TPSA) is 92.9 Å². The molecule has 1 aliphatic carbocycles. The first-order chi connectivity index (χ1) is 15.5. The summed E-state index contributed by atoms with van der Waals surface area (Å²) in [5.41, 5.74) is 8.06. The van der Waals surface area contributed by atoms with Crippen molar-refractivity contribution < 1.29 is 9.90 Å². The highest BCUT2D eigenvalue weighted by atomic mass is 32.1. The van der Waals surface area contributed by atoms with Gasteiger partial charge in [0.05, 0.1) is 27.6 Å². The number of hydrogen-bond acceptors (Lipinski definition) is 6. The van der Waals surface area contributed by atoms with Crippen molar-refractivity contribution in [2.45, 2.75) is 33.1 Å². The van der Waals surface area contributed by atoms with E-state index in [4.69, 9.17) is 5.10 Å². The number of rotatable bonds is 5. The maximum Gasteiger partial charge on any atom is 0.223 e. The number of carbonyl (C=O) groups excluding carboxylic acids is 1. The summed E-state index contributed by atoms with van der Waals surface area (Å²) >= 11 is 1.48. The monoisotopic (exact) mass is 445 g/mol. The van der Waals surface area contributed by atoms with Gasteiger partial charge in [0.2, 0.25) is 5.91 Å². The number of aliphatic hydroxyl groups is 1. The fraction of sp³-hybridized carbons (Fsp3) is 0.250. The molecule has 2 N–H and O–H groups in total. The van der Waals surface area contributed by atoms with Crippen LogP contribution in [0, 0.1) is 6.92 Å². The van der Waals surface area contributed by atoms with Gasteiger partial charge in [-0.1, -0.05) is 23.5 Å². The fourth-order valence-corrected chi connectivity index (χ4v) is 5.15. The van der Waals surface area contributed by atoms with E-state index in [1.165, 1.54) is 23.8 Å². The van der Waals surface area contributed by atoms with Crippen LogP contribution in [0.2, 0.25) is 0 Å². The van der Waals surface area contributed by atoms with Crippen LogP contribution in [0.3, 0.4) is 0 Å². The van der Waals surface area contributed by atoms with Crippen molar-refractivity contribution in [1.29, 1.82) is 0 Å². The normalized spacial score (nSPS) is 12.3. The number of fused-ring (bicyclic) bond motifs is 3. The first kappa shape index (κ1) is 20.5. The zero-order chi connectivity index (χ0) is 22.2. The van der Waals surface area contributed by atoms with Crippen molar-refractivity contribution >= 4 is 22.4 Å². The number of nitrogens with one attached hydrogen (secondary N) is 1. The molecule has 1 aliphatic rings. The number of thiazole rings is 1. The van der Waals surface area contributed by atoms with Crippen LogP contribution in [0.15, 0.2) is 42.6 Å². The van der Waals surface area contributed by atoms with Crippen LogP contribution >= 0.6 is 11.3 Å². The molecule has 0 aliphatic heterocycles. The Balaban J connectivity index is 1.68. The Hall–Kier alpha value is -3.36. The SMILES string of the molecule is CC(=O)Nc1nc2c(s1)-c1c(c(-c3ccc(C)nc3)nn1-c1ccc(CCO)cc1)CC2. The van der Waals surface area contributed by atoms with Crippen molar-refractivity contribution in [2.24, 2.45) is 0 Å². The van der Waals surface area contributed by atoms with Crippen LogP contribution in [0.4, 0.5) is 5.13 Å². The van der Waals surface area contributed by atoms with E-state index in [-0.39, 0.29) is 12.5 Å². The smallest absolute Gasteiger partial charge is 0.223 e. The van der Waals surface area contributed by atoms with Gasteiger partial charge in [-0.2, -0.15) is 5.10 Å². The molecule has 0 fully saturated rings. The standard InChI is InChI=1S/C24H23N5O2S/c1-14-3-6-17(13-25-14)21-19-9-10-20-23(32-24(27-20)26-15(2)31)22(19)29(28-21)18-7-4-16(5-8-18)11-12-30/h3-8,13,30H,9-12H2,1-2H3,(H,26,27,31). The summed E-state index contributed by atoms with van der Waals surface area (Å²) in [6, 6.07) is 12.2. The minimum Gasteiger partial charge on any atom is -0.396 e. The number of aryl methyl sites for hydroxylation is 2. The Morgan fingerprint density at radius 2 is 2.00 bits per heavy atom. The Kier molecular flexibility index (Phi) is 5.32. The lowest BCUT2D eigenvalue weighted by Crippen LogP contribution is -2.07. The van der Waals surface area contributed by atoms with Crippen LogP contribution in [0.25, 0.3) is 27.5 Å². The second-order valence-electron chi connectivity index (χ2n) is 7.89. The molecular weight excluding hydrogens is 422 g/mol. The molecule has 0 radical (unpaired) electrons. The number of nitrogens with zero attached hydrogens (tertiary/aromatic N) is 4. The summed E-state index contributed by atoms with van der Waals surface area (Å²) < 4.78 is 1.97.